The van der Waals surface area contributed by atoms with Crippen molar-refractivity contribution in [1.82, 2.24) is 5.32 Å². The van der Waals surface area contributed by atoms with E-state index in [1.807, 2.05) is 45.9 Å². The van der Waals surface area contributed by atoms with Gasteiger partial charge in [-0.2, -0.15) is 0 Å². The number of para-hydroxylation sites is 1. The fraction of sp³-hybridized carbons (Fsp3) is 0.625. The van der Waals surface area contributed by atoms with Crippen molar-refractivity contribution < 1.29 is 14.9 Å². The summed E-state index contributed by atoms with van der Waals surface area (Å²) in [6.07, 6.45) is -0.567. The van der Waals surface area contributed by atoms with Crippen molar-refractivity contribution in [2.45, 2.75) is 39.8 Å². The summed E-state index contributed by atoms with van der Waals surface area (Å²) in [5.41, 5.74) is 2.15. The zero-order valence-corrected chi connectivity index (χ0v) is 12.9. The van der Waals surface area contributed by atoms with Crippen LogP contribution in [0.2, 0.25) is 0 Å². The van der Waals surface area contributed by atoms with Crippen LogP contribution >= 0.6 is 0 Å². The molecule has 114 valence electrons. The van der Waals surface area contributed by atoms with Gasteiger partial charge in [-0.05, 0) is 37.8 Å². The first-order valence-electron chi connectivity index (χ1n) is 7.17. The lowest BCUT2D eigenvalue weighted by Gasteiger charge is -2.22. The summed E-state index contributed by atoms with van der Waals surface area (Å²) < 4.78 is 5.71. The van der Waals surface area contributed by atoms with Gasteiger partial charge in [-0.25, -0.2) is 0 Å². The highest BCUT2D eigenvalue weighted by Gasteiger charge is 2.13. The second-order valence-electron chi connectivity index (χ2n) is 5.54. The molecule has 3 unspecified atom stereocenters. The summed E-state index contributed by atoms with van der Waals surface area (Å²) >= 11 is 0. The smallest absolute Gasteiger partial charge is 0.125 e. The molecule has 0 radical (unpaired) electrons. The van der Waals surface area contributed by atoms with E-state index in [4.69, 9.17) is 9.84 Å². The molecule has 1 aromatic rings. The molecule has 0 aliphatic carbocycles. The Bertz CT molecular complexity index is 388. The molecule has 0 saturated carbocycles. The molecule has 0 amide bonds. The van der Waals surface area contributed by atoms with E-state index in [2.05, 4.69) is 5.32 Å². The Hall–Kier alpha value is -1.10. The van der Waals surface area contributed by atoms with Gasteiger partial charge < -0.3 is 20.3 Å². The summed E-state index contributed by atoms with van der Waals surface area (Å²) in [4.78, 5) is 0. The van der Waals surface area contributed by atoms with Crippen molar-refractivity contribution in [3.8, 4) is 5.75 Å². The van der Waals surface area contributed by atoms with Crippen LogP contribution in [0.3, 0.4) is 0 Å². The summed E-state index contributed by atoms with van der Waals surface area (Å²) in [6, 6.07) is 6.15. The van der Waals surface area contributed by atoms with Crippen LogP contribution in [-0.4, -0.2) is 42.1 Å². The molecule has 0 aromatic heterocycles. The molecule has 1 aromatic carbocycles. The molecular weight excluding hydrogens is 254 g/mol. The quantitative estimate of drug-likeness (QED) is 0.678. The van der Waals surface area contributed by atoms with Gasteiger partial charge in [-0.1, -0.05) is 25.1 Å². The van der Waals surface area contributed by atoms with E-state index in [9.17, 15) is 5.11 Å². The van der Waals surface area contributed by atoms with Crippen molar-refractivity contribution >= 4 is 0 Å². The zero-order chi connectivity index (χ0) is 15.1. The van der Waals surface area contributed by atoms with Crippen LogP contribution in [0.1, 0.15) is 25.0 Å². The van der Waals surface area contributed by atoms with Gasteiger partial charge >= 0.3 is 0 Å². The molecule has 3 N–H and O–H groups in total. The van der Waals surface area contributed by atoms with Gasteiger partial charge in [0.1, 0.15) is 18.5 Å². The average Bonchev–Trinajstić information content (AvgIpc) is 2.43. The molecule has 4 heteroatoms. The first kappa shape index (κ1) is 17.0. The lowest BCUT2D eigenvalue weighted by atomic mass is 10.1. The standard InChI is InChI=1S/C16H27NO3/c1-11-6-5-7-12(2)16(11)20-10-15(19)8-17-14(4)13(3)9-18/h5-7,13-15,17-19H,8-10H2,1-4H3. The third kappa shape index (κ3) is 5.12. The summed E-state index contributed by atoms with van der Waals surface area (Å²) in [5, 5.41) is 22.2. The number of ether oxygens (including phenoxy) is 1. The zero-order valence-electron chi connectivity index (χ0n) is 12.9. The fourth-order valence-corrected chi connectivity index (χ4v) is 1.95. The normalized spacial score (nSPS) is 15.7. The number of nitrogens with one attached hydrogen (secondary N) is 1. The monoisotopic (exact) mass is 281 g/mol. The molecular formula is C16H27NO3. The molecule has 20 heavy (non-hydrogen) atoms. The maximum atomic E-state index is 9.95. The van der Waals surface area contributed by atoms with Gasteiger partial charge in [0.2, 0.25) is 0 Å². The van der Waals surface area contributed by atoms with Crippen LogP contribution in [0, 0.1) is 19.8 Å². The number of aryl methyl sites for hydroxylation is 2. The Balaban J connectivity index is 2.38. The SMILES string of the molecule is Cc1cccc(C)c1OCC(O)CNC(C)C(C)CO. The number of hydrogen-bond donors (Lipinski definition) is 3. The number of rotatable bonds is 8. The van der Waals surface area contributed by atoms with E-state index in [0.717, 1.165) is 16.9 Å². The van der Waals surface area contributed by atoms with E-state index in [1.54, 1.807) is 0 Å². The van der Waals surface area contributed by atoms with Gasteiger partial charge in [-0.3, -0.25) is 0 Å². The Kier molecular flexibility index (Phi) is 6.99. The summed E-state index contributed by atoms with van der Waals surface area (Å²) in [6.45, 7) is 8.83. The van der Waals surface area contributed by atoms with Crippen LogP contribution in [0.25, 0.3) is 0 Å². The first-order chi connectivity index (χ1) is 9.45. The Morgan fingerprint density at radius 3 is 2.35 bits per heavy atom. The van der Waals surface area contributed by atoms with Gasteiger partial charge in [0.25, 0.3) is 0 Å². The number of aliphatic hydroxyl groups excluding tert-OH is 2. The molecule has 0 fully saturated rings. The Labute approximate surface area is 121 Å². The lowest BCUT2D eigenvalue weighted by Crippen LogP contribution is -2.40. The van der Waals surface area contributed by atoms with Gasteiger partial charge in [0.05, 0.1) is 0 Å². The number of benzene rings is 1. The van der Waals surface area contributed by atoms with E-state index in [0.29, 0.717) is 6.54 Å². The Morgan fingerprint density at radius 1 is 1.20 bits per heavy atom. The topological polar surface area (TPSA) is 61.7 Å². The largest absolute Gasteiger partial charge is 0.490 e. The highest BCUT2D eigenvalue weighted by molar-refractivity contribution is 5.39. The summed E-state index contributed by atoms with van der Waals surface area (Å²) in [7, 11) is 0. The lowest BCUT2D eigenvalue weighted by molar-refractivity contribution is 0.0986. The molecule has 0 heterocycles. The van der Waals surface area contributed by atoms with Crippen molar-refractivity contribution in [2.24, 2.45) is 5.92 Å². The van der Waals surface area contributed by atoms with E-state index in [1.165, 1.54) is 0 Å². The van der Waals surface area contributed by atoms with E-state index < -0.39 is 6.10 Å². The fourth-order valence-electron chi connectivity index (χ4n) is 1.95. The summed E-state index contributed by atoms with van der Waals surface area (Å²) in [5.74, 6) is 1.02. The molecule has 0 aliphatic rings. The second kappa shape index (κ2) is 8.25. The maximum Gasteiger partial charge on any atom is 0.125 e. The molecule has 0 spiro atoms. The van der Waals surface area contributed by atoms with Crippen molar-refractivity contribution in [2.75, 3.05) is 19.8 Å². The van der Waals surface area contributed by atoms with Crippen molar-refractivity contribution in [3.05, 3.63) is 29.3 Å². The molecule has 0 saturated heterocycles. The highest BCUT2D eigenvalue weighted by atomic mass is 16.5. The van der Waals surface area contributed by atoms with Crippen molar-refractivity contribution in [1.29, 1.82) is 0 Å². The average molecular weight is 281 g/mol. The molecule has 1 rings (SSSR count). The molecule has 3 atom stereocenters. The predicted molar refractivity (Wildman–Crippen MR) is 81.1 cm³/mol. The third-order valence-corrected chi connectivity index (χ3v) is 3.65. The van der Waals surface area contributed by atoms with E-state index in [-0.39, 0.29) is 25.2 Å². The van der Waals surface area contributed by atoms with Crippen LogP contribution in [0.4, 0.5) is 0 Å². The number of aliphatic hydroxyl groups is 2. The van der Waals surface area contributed by atoms with Crippen LogP contribution in [-0.2, 0) is 0 Å². The number of hydrogen-bond acceptors (Lipinski definition) is 4. The minimum Gasteiger partial charge on any atom is -0.490 e. The van der Waals surface area contributed by atoms with Crippen LogP contribution < -0.4 is 10.1 Å². The minimum absolute atomic E-state index is 0.142. The van der Waals surface area contributed by atoms with Gasteiger partial charge in [-0.15, -0.1) is 0 Å². The Morgan fingerprint density at radius 2 is 1.80 bits per heavy atom. The van der Waals surface area contributed by atoms with E-state index >= 15 is 0 Å². The predicted octanol–water partition coefficient (Wildman–Crippen LogP) is 1.65. The highest BCUT2D eigenvalue weighted by Crippen LogP contribution is 2.22. The second-order valence-corrected chi connectivity index (χ2v) is 5.54. The molecule has 0 aliphatic heterocycles. The first-order valence-corrected chi connectivity index (χ1v) is 7.17. The van der Waals surface area contributed by atoms with Crippen LogP contribution in [0.5, 0.6) is 5.75 Å². The molecule has 0 bridgehead atoms. The van der Waals surface area contributed by atoms with Gasteiger partial charge in [0.15, 0.2) is 0 Å². The third-order valence-electron chi connectivity index (χ3n) is 3.65. The van der Waals surface area contributed by atoms with Crippen molar-refractivity contribution in [3.63, 3.8) is 0 Å². The van der Waals surface area contributed by atoms with Gasteiger partial charge in [0, 0.05) is 19.2 Å². The van der Waals surface area contributed by atoms with Crippen LogP contribution in [0.15, 0.2) is 18.2 Å². The molecule has 4 nitrogen and oxygen atoms in total. The maximum absolute atomic E-state index is 9.95. The minimum atomic E-state index is -0.567.